The number of piperidine rings is 1. The molecule has 0 amide bonds. The highest BCUT2D eigenvalue weighted by atomic mass is 16.4. The molecule has 2 aromatic rings. The van der Waals surface area contributed by atoms with Crippen LogP contribution in [0.15, 0.2) is 18.2 Å². The monoisotopic (exact) mass is 300 g/mol. The highest BCUT2D eigenvalue weighted by Crippen LogP contribution is 2.23. The molecule has 0 saturated carbocycles. The van der Waals surface area contributed by atoms with E-state index in [2.05, 4.69) is 10.2 Å². The first kappa shape index (κ1) is 14.6. The Morgan fingerprint density at radius 3 is 2.50 bits per heavy atom. The van der Waals surface area contributed by atoms with Crippen LogP contribution >= 0.6 is 0 Å². The quantitative estimate of drug-likeness (QED) is 0.943. The Bertz CT molecular complexity index is 702. The SMILES string of the molecule is Cc1ccc(-n2nc(C(=O)O)c(N3CCCCC3)n2)c(C)c1. The number of nitrogens with zero attached hydrogens (tertiary/aromatic N) is 4. The number of carbonyl (C=O) groups is 1. The van der Waals surface area contributed by atoms with Gasteiger partial charge in [-0.05, 0) is 44.7 Å². The summed E-state index contributed by atoms with van der Waals surface area (Å²) in [5.74, 6) is -0.552. The van der Waals surface area contributed by atoms with Gasteiger partial charge in [0.25, 0.3) is 0 Å². The van der Waals surface area contributed by atoms with E-state index < -0.39 is 5.97 Å². The van der Waals surface area contributed by atoms with E-state index in [-0.39, 0.29) is 5.69 Å². The summed E-state index contributed by atoms with van der Waals surface area (Å²) in [6.45, 7) is 5.68. The molecule has 22 heavy (non-hydrogen) atoms. The Hall–Kier alpha value is -2.37. The third-order valence-electron chi connectivity index (χ3n) is 4.02. The van der Waals surface area contributed by atoms with Gasteiger partial charge in [-0.2, -0.15) is 0 Å². The maximum absolute atomic E-state index is 11.5. The minimum absolute atomic E-state index is 0.0295. The van der Waals surface area contributed by atoms with Crippen LogP contribution in [0.5, 0.6) is 0 Å². The lowest BCUT2D eigenvalue weighted by Crippen LogP contribution is -2.31. The van der Waals surface area contributed by atoms with Crippen LogP contribution in [0, 0.1) is 13.8 Å². The van der Waals surface area contributed by atoms with Crippen molar-refractivity contribution in [1.29, 1.82) is 0 Å². The van der Waals surface area contributed by atoms with Gasteiger partial charge in [-0.1, -0.05) is 17.7 Å². The fraction of sp³-hybridized carbons (Fsp3) is 0.438. The lowest BCUT2D eigenvalue weighted by Gasteiger charge is -2.26. The van der Waals surface area contributed by atoms with E-state index in [0.717, 1.165) is 42.7 Å². The normalized spacial score (nSPS) is 15.1. The number of carboxylic acid groups (broad SMARTS) is 1. The van der Waals surface area contributed by atoms with Crippen molar-refractivity contribution in [3.63, 3.8) is 0 Å². The van der Waals surface area contributed by atoms with Crippen molar-refractivity contribution < 1.29 is 9.90 Å². The van der Waals surface area contributed by atoms with Gasteiger partial charge in [0.1, 0.15) is 0 Å². The Morgan fingerprint density at radius 2 is 1.86 bits per heavy atom. The Morgan fingerprint density at radius 1 is 1.14 bits per heavy atom. The van der Waals surface area contributed by atoms with E-state index in [9.17, 15) is 9.90 Å². The molecule has 0 bridgehead atoms. The molecular formula is C16H20N4O2. The predicted octanol–water partition coefficient (Wildman–Crippen LogP) is 2.57. The largest absolute Gasteiger partial charge is 0.476 e. The van der Waals surface area contributed by atoms with E-state index in [0.29, 0.717) is 5.82 Å². The zero-order chi connectivity index (χ0) is 15.7. The molecule has 0 spiro atoms. The van der Waals surface area contributed by atoms with Crippen molar-refractivity contribution in [3.05, 3.63) is 35.0 Å². The van der Waals surface area contributed by atoms with Crippen molar-refractivity contribution >= 4 is 11.8 Å². The first-order valence-electron chi connectivity index (χ1n) is 7.59. The highest BCUT2D eigenvalue weighted by molar-refractivity contribution is 5.91. The van der Waals surface area contributed by atoms with Crippen LogP contribution in [0.1, 0.15) is 40.9 Å². The van der Waals surface area contributed by atoms with Crippen LogP contribution in [-0.4, -0.2) is 39.2 Å². The van der Waals surface area contributed by atoms with Gasteiger partial charge in [-0.25, -0.2) is 4.79 Å². The van der Waals surface area contributed by atoms with E-state index in [4.69, 9.17) is 0 Å². The Kier molecular flexibility index (Phi) is 3.83. The third-order valence-corrected chi connectivity index (χ3v) is 4.02. The van der Waals surface area contributed by atoms with Gasteiger partial charge in [0.15, 0.2) is 5.82 Å². The smallest absolute Gasteiger partial charge is 0.360 e. The first-order valence-corrected chi connectivity index (χ1v) is 7.59. The number of aromatic carboxylic acids is 1. The summed E-state index contributed by atoms with van der Waals surface area (Å²) in [4.78, 5) is 15.0. The standard InChI is InChI=1S/C16H20N4O2/c1-11-6-7-13(12(2)10-11)20-17-14(16(21)22)15(18-20)19-8-4-3-5-9-19/h6-7,10H,3-5,8-9H2,1-2H3,(H,21,22). The van der Waals surface area contributed by atoms with E-state index in [1.54, 1.807) is 0 Å². The first-order chi connectivity index (χ1) is 10.6. The lowest BCUT2D eigenvalue weighted by molar-refractivity contribution is 0.0690. The molecule has 2 heterocycles. The molecule has 116 valence electrons. The number of aryl methyl sites for hydroxylation is 2. The van der Waals surface area contributed by atoms with Gasteiger partial charge in [-0.3, -0.25) is 0 Å². The molecule has 3 rings (SSSR count). The van der Waals surface area contributed by atoms with E-state index in [1.165, 1.54) is 11.2 Å². The minimum atomic E-state index is -1.03. The molecule has 1 saturated heterocycles. The molecule has 6 heteroatoms. The zero-order valence-corrected chi connectivity index (χ0v) is 12.9. The second kappa shape index (κ2) is 5.79. The van der Waals surface area contributed by atoms with Crippen LogP contribution in [-0.2, 0) is 0 Å². The Labute approximate surface area is 129 Å². The molecule has 0 radical (unpaired) electrons. The van der Waals surface area contributed by atoms with Gasteiger partial charge >= 0.3 is 5.97 Å². The average Bonchev–Trinajstić information content (AvgIpc) is 2.93. The van der Waals surface area contributed by atoms with Crippen molar-refractivity contribution in [3.8, 4) is 5.69 Å². The third kappa shape index (κ3) is 2.68. The molecule has 0 atom stereocenters. The van der Waals surface area contributed by atoms with Crippen LogP contribution in [0.4, 0.5) is 5.82 Å². The average molecular weight is 300 g/mol. The van der Waals surface area contributed by atoms with Crippen molar-refractivity contribution in [2.45, 2.75) is 33.1 Å². The summed E-state index contributed by atoms with van der Waals surface area (Å²) < 4.78 is 0. The molecule has 0 aliphatic carbocycles. The van der Waals surface area contributed by atoms with Crippen molar-refractivity contribution in [2.24, 2.45) is 0 Å². The number of benzene rings is 1. The zero-order valence-electron chi connectivity index (χ0n) is 12.9. The highest BCUT2D eigenvalue weighted by Gasteiger charge is 2.25. The van der Waals surface area contributed by atoms with Gasteiger partial charge in [0.05, 0.1) is 5.69 Å². The second-order valence-electron chi connectivity index (χ2n) is 5.80. The van der Waals surface area contributed by atoms with Gasteiger partial charge in [0, 0.05) is 13.1 Å². The van der Waals surface area contributed by atoms with Crippen molar-refractivity contribution in [1.82, 2.24) is 15.0 Å². The fourth-order valence-electron chi connectivity index (χ4n) is 2.89. The summed E-state index contributed by atoms with van der Waals surface area (Å²) in [6, 6.07) is 5.95. The van der Waals surface area contributed by atoms with Crippen LogP contribution < -0.4 is 4.90 Å². The second-order valence-corrected chi connectivity index (χ2v) is 5.80. The lowest BCUT2D eigenvalue weighted by atomic mass is 10.1. The molecule has 1 fully saturated rings. The van der Waals surface area contributed by atoms with E-state index in [1.807, 2.05) is 36.9 Å². The number of aromatic nitrogens is 3. The molecular weight excluding hydrogens is 280 g/mol. The van der Waals surface area contributed by atoms with E-state index >= 15 is 0 Å². The van der Waals surface area contributed by atoms with Gasteiger partial charge in [-0.15, -0.1) is 15.0 Å². The number of carboxylic acids is 1. The molecule has 1 aliphatic heterocycles. The van der Waals surface area contributed by atoms with Gasteiger partial charge in [0.2, 0.25) is 5.69 Å². The molecule has 0 unspecified atom stereocenters. The molecule has 1 aromatic heterocycles. The topological polar surface area (TPSA) is 71.2 Å². The molecule has 1 aliphatic rings. The molecule has 1 N–H and O–H groups in total. The predicted molar refractivity (Wildman–Crippen MR) is 83.9 cm³/mol. The summed E-state index contributed by atoms with van der Waals surface area (Å²) in [7, 11) is 0. The maximum atomic E-state index is 11.5. The number of anilines is 1. The Balaban J connectivity index is 2.04. The fourth-order valence-corrected chi connectivity index (χ4v) is 2.89. The summed E-state index contributed by atoms with van der Waals surface area (Å²) in [5.41, 5.74) is 3.03. The molecule has 1 aromatic carbocycles. The maximum Gasteiger partial charge on any atom is 0.360 e. The van der Waals surface area contributed by atoms with Crippen LogP contribution in [0.25, 0.3) is 5.69 Å². The summed E-state index contributed by atoms with van der Waals surface area (Å²) in [6.07, 6.45) is 3.31. The summed E-state index contributed by atoms with van der Waals surface area (Å²) >= 11 is 0. The van der Waals surface area contributed by atoms with Crippen LogP contribution in [0.3, 0.4) is 0 Å². The number of hydrogen-bond acceptors (Lipinski definition) is 4. The molecule has 6 nitrogen and oxygen atoms in total. The summed E-state index contributed by atoms with van der Waals surface area (Å²) in [5, 5.41) is 18.1. The van der Waals surface area contributed by atoms with Gasteiger partial charge < -0.3 is 10.0 Å². The van der Waals surface area contributed by atoms with Crippen molar-refractivity contribution in [2.75, 3.05) is 18.0 Å². The number of hydrogen-bond donors (Lipinski definition) is 1. The number of rotatable bonds is 3. The minimum Gasteiger partial charge on any atom is -0.476 e. The van der Waals surface area contributed by atoms with Crippen LogP contribution in [0.2, 0.25) is 0 Å².